The molecular formula is C9H7NO3. The van der Waals surface area contributed by atoms with Gasteiger partial charge >= 0.3 is 0 Å². The van der Waals surface area contributed by atoms with Crippen molar-refractivity contribution in [1.29, 1.82) is 0 Å². The van der Waals surface area contributed by atoms with Crippen LogP contribution in [0.15, 0.2) is 12.1 Å². The lowest BCUT2D eigenvalue weighted by Gasteiger charge is -2.02. The summed E-state index contributed by atoms with van der Waals surface area (Å²) in [7, 11) is 0. The number of benzene rings is 1. The van der Waals surface area contributed by atoms with E-state index in [1.54, 1.807) is 13.0 Å². The largest absolute Gasteiger partial charge is 0.506 e. The van der Waals surface area contributed by atoms with Crippen molar-refractivity contribution in [1.82, 2.24) is 0 Å². The summed E-state index contributed by atoms with van der Waals surface area (Å²) in [5, 5.41) is 11.6. The highest BCUT2D eigenvalue weighted by atomic mass is 16.3. The Morgan fingerprint density at radius 1 is 1.31 bits per heavy atom. The Bertz CT molecular complexity index is 423. The number of aromatic hydroxyl groups is 1. The number of carbonyl (C=O) groups excluding carboxylic acids is 2. The molecule has 1 amide bonds. The molecule has 0 radical (unpaired) electrons. The van der Waals surface area contributed by atoms with E-state index in [9.17, 15) is 14.7 Å². The first kappa shape index (κ1) is 7.79. The van der Waals surface area contributed by atoms with Crippen molar-refractivity contribution in [3.8, 4) is 5.75 Å². The standard InChI is InChI=1S/C9H7NO3/c1-4-2-3-5(11)7-6(4)8(12)9(13)10-7/h2-3,11H,1H3,(H,10,12,13). The van der Waals surface area contributed by atoms with Crippen LogP contribution in [-0.2, 0) is 4.79 Å². The maximum atomic E-state index is 11.2. The normalized spacial score (nSPS) is 14.2. The van der Waals surface area contributed by atoms with E-state index < -0.39 is 11.7 Å². The van der Waals surface area contributed by atoms with E-state index in [0.717, 1.165) is 0 Å². The van der Waals surface area contributed by atoms with Crippen molar-refractivity contribution in [3.05, 3.63) is 23.3 Å². The minimum atomic E-state index is -0.681. The summed E-state index contributed by atoms with van der Waals surface area (Å²) in [5.41, 5.74) is 1.20. The first-order chi connectivity index (χ1) is 6.11. The van der Waals surface area contributed by atoms with E-state index >= 15 is 0 Å². The van der Waals surface area contributed by atoms with Crippen LogP contribution in [0.5, 0.6) is 5.75 Å². The van der Waals surface area contributed by atoms with Crippen LogP contribution in [-0.4, -0.2) is 16.8 Å². The van der Waals surface area contributed by atoms with Crippen molar-refractivity contribution in [2.45, 2.75) is 6.92 Å². The zero-order valence-electron chi connectivity index (χ0n) is 6.92. The topological polar surface area (TPSA) is 66.4 Å². The van der Waals surface area contributed by atoms with Gasteiger partial charge in [0.2, 0.25) is 0 Å². The highest BCUT2D eigenvalue weighted by Crippen LogP contribution is 2.34. The van der Waals surface area contributed by atoms with Crippen LogP contribution >= 0.6 is 0 Å². The molecule has 1 heterocycles. The van der Waals surface area contributed by atoms with Gasteiger partial charge in [0.1, 0.15) is 5.75 Å². The summed E-state index contributed by atoms with van der Waals surface area (Å²) < 4.78 is 0. The van der Waals surface area contributed by atoms with Crippen LogP contribution in [0.25, 0.3) is 0 Å². The van der Waals surface area contributed by atoms with Gasteiger partial charge in [-0.05, 0) is 18.6 Å². The van der Waals surface area contributed by atoms with Crippen LogP contribution in [0.3, 0.4) is 0 Å². The first-order valence-corrected chi connectivity index (χ1v) is 3.79. The van der Waals surface area contributed by atoms with Gasteiger partial charge in [-0.25, -0.2) is 0 Å². The molecule has 0 bridgehead atoms. The number of nitrogens with one attached hydrogen (secondary N) is 1. The molecule has 1 aromatic rings. The lowest BCUT2D eigenvalue weighted by Crippen LogP contribution is -2.12. The second kappa shape index (κ2) is 2.32. The molecular weight excluding hydrogens is 170 g/mol. The molecule has 4 nitrogen and oxygen atoms in total. The molecule has 1 aliphatic heterocycles. The molecule has 1 aromatic carbocycles. The molecule has 0 fully saturated rings. The predicted molar refractivity (Wildman–Crippen MR) is 45.8 cm³/mol. The van der Waals surface area contributed by atoms with Gasteiger partial charge in [-0.2, -0.15) is 0 Å². The summed E-state index contributed by atoms with van der Waals surface area (Å²) in [6.45, 7) is 1.72. The van der Waals surface area contributed by atoms with E-state index in [4.69, 9.17) is 0 Å². The molecule has 13 heavy (non-hydrogen) atoms. The molecule has 0 saturated heterocycles. The molecule has 0 spiro atoms. The average molecular weight is 177 g/mol. The van der Waals surface area contributed by atoms with Crippen molar-refractivity contribution in [3.63, 3.8) is 0 Å². The Hall–Kier alpha value is -1.84. The fourth-order valence-electron chi connectivity index (χ4n) is 1.40. The van der Waals surface area contributed by atoms with Crippen LogP contribution in [0.2, 0.25) is 0 Å². The molecule has 0 unspecified atom stereocenters. The van der Waals surface area contributed by atoms with Crippen molar-refractivity contribution >= 4 is 17.4 Å². The van der Waals surface area contributed by atoms with Crippen LogP contribution in [0.4, 0.5) is 5.69 Å². The van der Waals surface area contributed by atoms with Crippen molar-refractivity contribution in [2.24, 2.45) is 0 Å². The second-order valence-corrected chi connectivity index (χ2v) is 2.93. The summed E-state index contributed by atoms with van der Waals surface area (Å²) in [6.07, 6.45) is 0. The van der Waals surface area contributed by atoms with E-state index in [-0.39, 0.29) is 17.0 Å². The molecule has 4 heteroatoms. The third-order valence-electron chi connectivity index (χ3n) is 2.06. The zero-order valence-corrected chi connectivity index (χ0v) is 6.92. The molecule has 0 saturated carbocycles. The Morgan fingerprint density at radius 3 is 2.62 bits per heavy atom. The third-order valence-corrected chi connectivity index (χ3v) is 2.06. The lowest BCUT2D eigenvalue weighted by atomic mass is 10.1. The smallest absolute Gasteiger partial charge is 0.296 e. The number of hydrogen-bond acceptors (Lipinski definition) is 3. The minimum absolute atomic E-state index is 0.0696. The number of carbonyl (C=O) groups is 2. The number of hydrogen-bond donors (Lipinski definition) is 2. The summed E-state index contributed by atoms with van der Waals surface area (Å²) in [4.78, 5) is 22.2. The Balaban J connectivity index is 2.75. The van der Waals surface area contributed by atoms with E-state index in [2.05, 4.69) is 5.32 Å². The number of anilines is 1. The number of aryl methyl sites for hydroxylation is 1. The quantitative estimate of drug-likeness (QED) is 0.455. The SMILES string of the molecule is Cc1ccc(O)c2c1C(=O)C(=O)N2. The van der Waals surface area contributed by atoms with Crippen LogP contribution in [0.1, 0.15) is 15.9 Å². The van der Waals surface area contributed by atoms with Gasteiger partial charge in [0, 0.05) is 0 Å². The number of phenolic OH excluding ortho intramolecular Hbond substituents is 1. The third kappa shape index (κ3) is 0.917. The van der Waals surface area contributed by atoms with E-state index in [1.807, 2.05) is 0 Å². The highest BCUT2D eigenvalue weighted by molar-refractivity contribution is 6.52. The van der Waals surface area contributed by atoms with Gasteiger partial charge < -0.3 is 10.4 Å². The van der Waals surface area contributed by atoms with Gasteiger partial charge in [-0.1, -0.05) is 6.07 Å². The fraction of sp³-hybridized carbons (Fsp3) is 0.111. The molecule has 0 aliphatic carbocycles. The number of ketones is 1. The summed E-state index contributed by atoms with van der Waals surface area (Å²) in [6, 6.07) is 3.05. The van der Waals surface area contributed by atoms with Crippen molar-refractivity contribution < 1.29 is 14.7 Å². The van der Waals surface area contributed by atoms with E-state index in [0.29, 0.717) is 5.56 Å². The molecule has 0 atom stereocenters. The van der Waals surface area contributed by atoms with Gasteiger partial charge in [0.25, 0.3) is 11.7 Å². The number of rotatable bonds is 0. The highest BCUT2D eigenvalue weighted by Gasteiger charge is 2.31. The number of phenols is 1. The number of fused-ring (bicyclic) bond motifs is 1. The Kier molecular flexibility index (Phi) is 1.39. The van der Waals surface area contributed by atoms with Crippen LogP contribution < -0.4 is 5.32 Å². The molecule has 2 rings (SSSR count). The maximum absolute atomic E-state index is 11.2. The zero-order chi connectivity index (χ0) is 9.59. The van der Waals surface area contributed by atoms with Crippen molar-refractivity contribution in [2.75, 3.05) is 5.32 Å². The molecule has 66 valence electrons. The Morgan fingerprint density at radius 2 is 2.00 bits per heavy atom. The maximum Gasteiger partial charge on any atom is 0.296 e. The minimum Gasteiger partial charge on any atom is -0.506 e. The van der Waals surface area contributed by atoms with Gasteiger partial charge in [0.05, 0.1) is 11.3 Å². The van der Waals surface area contributed by atoms with Gasteiger partial charge in [-0.3, -0.25) is 9.59 Å². The average Bonchev–Trinajstić information content (AvgIpc) is 2.38. The lowest BCUT2D eigenvalue weighted by molar-refractivity contribution is -0.112. The van der Waals surface area contributed by atoms with Gasteiger partial charge in [-0.15, -0.1) is 0 Å². The first-order valence-electron chi connectivity index (χ1n) is 3.79. The summed E-state index contributed by atoms with van der Waals surface area (Å²) >= 11 is 0. The number of Topliss-reactive ketones (excluding diaryl/α,β-unsaturated/α-hetero) is 1. The fourth-order valence-corrected chi connectivity index (χ4v) is 1.40. The predicted octanol–water partition coefficient (Wildman–Crippen LogP) is 0.835. The monoisotopic (exact) mass is 177 g/mol. The number of amides is 1. The molecule has 2 N–H and O–H groups in total. The van der Waals surface area contributed by atoms with E-state index in [1.165, 1.54) is 6.07 Å². The summed E-state index contributed by atoms with van der Waals surface area (Å²) in [5.74, 6) is -1.33. The van der Waals surface area contributed by atoms with Crippen LogP contribution in [0, 0.1) is 6.92 Å². The second-order valence-electron chi connectivity index (χ2n) is 2.93. The Labute approximate surface area is 74.2 Å². The van der Waals surface area contributed by atoms with Gasteiger partial charge in [0.15, 0.2) is 0 Å². The molecule has 0 aromatic heterocycles. The molecule has 1 aliphatic rings.